The van der Waals surface area contributed by atoms with Crippen LogP contribution in [0.2, 0.25) is 0 Å². The number of nitrogens with one attached hydrogen (secondary N) is 1. The average molecular weight is 267 g/mol. The predicted molar refractivity (Wildman–Crippen MR) is 70.5 cm³/mol. The number of hydrogen-bond acceptors (Lipinski definition) is 7. The second-order valence-electron chi connectivity index (χ2n) is 4.31. The summed E-state index contributed by atoms with van der Waals surface area (Å²) in [6, 6.07) is 0. The largest absolute Gasteiger partial charge is 0.375 e. The van der Waals surface area contributed by atoms with Crippen LogP contribution in [0, 0.1) is 10.1 Å². The van der Waals surface area contributed by atoms with E-state index in [4.69, 9.17) is 4.74 Å². The van der Waals surface area contributed by atoms with Crippen molar-refractivity contribution in [2.45, 2.75) is 20.0 Å². The van der Waals surface area contributed by atoms with Crippen molar-refractivity contribution in [3.05, 3.63) is 16.4 Å². The zero-order chi connectivity index (χ0) is 13.8. The summed E-state index contributed by atoms with van der Waals surface area (Å²) in [6.45, 7) is 6.08. The Bertz CT molecular complexity index is 468. The van der Waals surface area contributed by atoms with Gasteiger partial charge < -0.3 is 15.0 Å². The lowest BCUT2D eigenvalue weighted by Gasteiger charge is -2.31. The molecule has 1 saturated heterocycles. The van der Waals surface area contributed by atoms with Gasteiger partial charge in [-0.1, -0.05) is 0 Å². The van der Waals surface area contributed by atoms with E-state index >= 15 is 0 Å². The van der Waals surface area contributed by atoms with Crippen molar-refractivity contribution in [1.82, 2.24) is 9.97 Å². The standard InChI is InChI=1S/C11H17N5O3/c1-3-12-10-9(16(17)18)11(14-7-13-10)15-4-5-19-8(2)6-15/h7-8H,3-6H2,1-2H3,(H,12,13,14). The Balaban J connectivity index is 2.38. The predicted octanol–water partition coefficient (Wildman–Crippen LogP) is 1.04. The van der Waals surface area contributed by atoms with Crippen LogP contribution in [0.15, 0.2) is 6.33 Å². The summed E-state index contributed by atoms with van der Waals surface area (Å²) in [4.78, 5) is 20.7. The maximum Gasteiger partial charge on any atom is 0.353 e. The number of ether oxygens (including phenoxy) is 1. The summed E-state index contributed by atoms with van der Waals surface area (Å²) in [5.74, 6) is 0.614. The number of rotatable bonds is 4. The zero-order valence-corrected chi connectivity index (χ0v) is 11.0. The fourth-order valence-electron chi connectivity index (χ4n) is 2.08. The molecule has 1 unspecified atom stereocenters. The Morgan fingerprint density at radius 2 is 2.42 bits per heavy atom. The fraction of sp³-hybridized carbons (Fsp3) is 0.636. The molecule has 19 heavy (non-hydrogen) atoms. The molecule has 1 aromatic rings. The second kappa shape index (κ2) is 5.79. The van der Waals surface area contributed by atoms with Crippen LogP contribution in [0.25, 0.3) is 0 Å². The third kappa shape index (κ3) is 2.90. The van der Waals surface area contributed by atoms with Crippen LogP contribution >= 0.6 is 0 Å². The van der Waals surface area contributed by atoms with E-state index in [-0.39, 0.29) is 17.6 Å². The quantitative estimate of drug-likeness (QED) is 0.643. The average Bonchev–Trinajstić information content (AvgIpc) is 2.38. The highest BCUT2D eigenvalue weighted by atomic mass is 16.6. The van der Waals surface area contributed by atoms with Crippen LogP contribution in [-0.2, 0) is 4.74 Å². The molecule has 8 heteroatoms. The Labute approximate surface area is 110 Å². The number of aromatic nitrogens is 2. The van der Waals surface area contributed by atoms with Gasteiger partial charge in [0, 0.05) is 19.6 Å². The second-order valence-corrected chi connectivity index (χ2v) is 4.31. The lowest BCUT2D eigenvalue weighted by atomic mass is 10.3. The van der Waals surface area contributed by atoms with E-state index < -0.39 is 4.92 Å². The van der Waals surface area contributed by atoms with E-state index in [1.807, 2.05) is 18.7 Å². The Morgan fingerprint density at radius 3 is 3.05 bits per heavy atom. The van der Waals surface area contributed by atoms with Crippen molar-refractivity contribution in [3.8, 4) is 0 Å². The van der Waals surface area contributed by atoms with E-state index in [1.165, 1.54) is 6.33 Å². The molecule has 0 amide bonds. The van der Waals surface area contributed by atoms with Crippen LogP contribution in [0.5, 0.6) is 0 Å². The third-order valence-corrected chi connectivity index (χ3v) is 2.87. The monoisotopic (exact) mass is 267 g/mol. The van der Waals surface area contributed by atoms with Gasteiger partial charge in [-0.15, -0.1) is 0 Å². The number of nitro groups is 1. The van der Waals surface area contributed by atoms with Gasteiger partial charge in [0.25, 0.3) is 0 Å². The first-order valence-corrected chi connectivity index (χ1v) is 6.23. The first kappa shape index (κ1) is 13.5. The van der Waals surface area contributed by atoms with Crippen molar-refractivity contribution in [2.75, 3.05) is 36.5 Å². The van der Waals surface area contributed by atoms with Gasteiger partial charge in [0.1, 0.15) is 6.33 Å². The normalized spacial score (nSPS) is 19.3. The summed E-state index contributed by atoms with van der Waals surface area (Å²) in [6.07, 6.45) is 1.38. The molecule has 0 saturated carbocycles. The van der Waals surface area contributed by atoms with Crippen LogP contribution in [0.4, 0.5) is 17.3 Å². The molecule has 104 valence electrons. The van der Waals surface area contributed by atoms with Gasteiger partial charge in [-0.2, -0.15) is 0 Å². The zero-order valence-electron chi connectivity index (χ0n) is 11.0. The SMILES string of the molecule is CCNc1ncnc(N2CCOC(C)C2)c1[N+](=O)[O-]. The number of hydrogen-bond donors (Lipinski definition) is 1. The molecular weight excluding hydrogens is 250 g/mol. The molecule has 1 N–H and O–H groups in total. The van der Waals surface area contributed by atoms with E-state index in [1.54, 1.807) is 0 Å². The summed E-state index contributed by atoms with van der Waals surface area (Å²) in [5.41, 5.74) is -0.0709. The molecule has 0 radical (unpaired) electrons. The summed E-state index contributed by atoms with van der Waals surface area (Å²) in [5, 5.41) is 14.2. The topological polar surface area (TPSA) is 93.4 Å². The van der Waals surface area contributed by atoms with E-state index in [0.717, 1.165) is 0 Å². The highest BCUT2D eigenvalue weighted by Crippen LogP contribution is 2.32. The fourth-order valence-corrected chi connectivity index (χ4v) is 2.08. The van der Waals surface area contributed by atoms with Crippen LogP contribution in [0.3, 0.4) is 0 Å². The first-order valence-electron chi connectivity index (χ1n) is 6.23. The molecule has 0 bridgehead atoms. The highest BCUT2D eigenvalue weighted by Gasteiger charge is 2.29. The Kier molecular flexibility index (Phi) is 4.10. The molecule has 1 atom stereocenters. The Morgan fingerprint density at radius 1 is 1.63 bits per heavy atom. The van der Waals surface area contributed by atoms with Gasteiger partial charge in [-0.05, 0) is 13.8 Å². The summed E-state index contributed by atoms with van der Waals surface area (Å²) in [7, 11) is 0. The minimum absolute atomic E-state index is 0.0332. The molecule has 2 rings (SSSR count). The maximum atomic E-state index is 11.3. The smallest absolute Gasteiger partial charge is 0.353 e. The number of morpholine rings is 1. The molecule has 0 spiro atoms. The summed E-state index contributed by atoms with van der Waals surface area (Å²) < 4.78 is 5.44. The molecule has 0 aliphatic carbocycles. The minimum atomic E-state index is -0.437. The van der Waals surface area contributed by atoms with Crippen molar-refractivity contribution in [2.24, 2.45) is 0 Å². The van der Waals surface area contributed by atoms with Gasteiger partial charge >= 0.3 is 5.69 Å². The van der Waals surface area contributed by atoms with Gasteiger partial charge in [-0.25, -0.2) is 9.97 Å². The molecule has 1 fully saturated rings. The van der Waals surface area contributed by atoms with Crippen LogP contribution < -0.4 is 10.2 Å². The Hall–Kier alpha value is -1.96. The summed E-state index contributed by atoms with van der Waals surface area (Å²) >= 11 is 0. The number of nitrogens with zero attached hydrogens (tertiary/aromatic N) is 4. The molecular formula is C11H17N5O3. The molecule has 0 aromatic carbocycles. The van der Waals surface area contributed by atoms with E-state index in [9.17, 15) is 10.1 Å². The molecule has 1 aromatic heterocycles. The molecule has 1 aliphatic heterocycles. The van der Waals surface area contributed by atoms with E-state index in [0.29, 0.717) is 32.1 Å². The van der Waals surface area contributed by atoms with Gasteiger partial charge in [0.2, 0.25) is 11.6 Å². The van der Waals surface area contributed by atoms with Crippen molar-refractivity contribution in [1.29, 1.82) is 0 Å². The van der Waals surface area contributed by atoms with Crippen molar-refractivity contribution in [3.63, 3.8) is 0 Å². The number of anilines is 2. The lowest BCUT2D eigenvalue weighted by Crippen LogP contribution is -2.41. The van der Waals surface area contributed by atoms with Gasteiger partial charge in [0.15, 0.2) is 0 Å². The van der Waals surface area contributed by atoms with Crippen LogP contribution in [-0.4, -0.2) is 47.2 Å². The molecule has 2 heterocycles. The van der Waals surface area contributed by atoms with Crippen LogP contribution in [0.1, 0.15) is 13.8 Å². The maximum absolute atomic E-state index is 11.3. The van der Waals surface area contributed by atoms with Gasteiger partial charge in [-0.3, -0.25) is 10.1 Å². The van der Waals surface area contributed by atoms with Gasteiger partial charge in [0.05, 0.1) is 17.6 Å². The third-order valence-electron chi connectivity index (χ3n) is 2.87. The lowest BCUT2D eigenvalue weighted by molar-refractivity contribution is -0.383. The highest BCUT2D eigenvalue weighted by molar-refractivity contribution is 5.70. The van der Waals surface area contributed by atoms with Crippen molar-refractivity contribution >= 4 is 17.3 Å². The first-order chi connectivity index (χ1) is 9.13. The molecule has 8 nitrogen and oxygen atoms in total. The van der Waals surface area contributed by atoms with Crippen molar-refractivity contribution < 1.29 is 9.66 Å². The molecule has 1 aliphatic rings. The minimum Gasteiger partial charge on any atom is -0.375 e. The van der Waals surface area contributed by atoms with E-state index in [2.05, 4.69) is 15.3 Å².